The maximum Gasteiger partial charge on any atom is 0.313 e. The van der Waals surface area contributed by atoms with Crippen LogP contribution in [0, 0.1) is 18.3 Å². The lowest BCUT2D eigenvalue weighted by Gasteiger charge is -2.41. The van der Waals surface area contributed by atoms with Gasteiger partial charge in [0.05, 0.1) is 0 Å². The van der Waals surface area contributed by atoms with Gasteiger partial charge in [0.25, 0.3) is 0 Å². The maximum absolute atomic E-state index is 11.6. The molecule has 0 radical (unpaired) electrons. The van der Waals surface area contributed by atoms with Crippen molar-refractivity contribution in [3.63, 3.8) is 0 Å². The summed E-state index contributed by atoms with van der Waals surface area (Å²) in [5, 5.41) is 0. The average Bonchev–Trinajstić information content (AvgIpc) is 2.26. The van der Waals surface area contributed by atoms with Crippen LogP contribution in [0.4, 0.5) is 0 Å². The first-order chi connectivity index (χ1) is 8.07. The maximum atomic E-state index is 11.6. The lowest BCUT2D eigenvalue weighted by Crippen LogP contribution is -2.48. The third-order valence-corrected chi connectivity index (χ3v) is 3.58. The molecule has 17 heavy (non-hydrogen) atoms. The van der Waals surface area contributed by atoms with Crippen molar-refractivity contribution in [2.75, 3.05) is 0 Å². The van der Waals surface area contributed by atoms with Gasteiger partial charge in [-0.25, -0.2) is 0 Å². The Bertz CT molecular complexity index is 318. The molecule has 0 aromatic carbocycles. The number of rotatable bonds is 5. The zero-order valence-corrected chi connectivity index (χ0v) is 10.6. The summed E-state index contributed by atoms with van der Waals surface area (Å²) < 4.78 is 5.54. The van der Waals surface area contributed by atoms with Gasteiger partial charge in [-0.15, -0.1) is 12.3 Å². The number of hydrogen-bond acceptors (Lipinski definition) is 3. The van der Waals surface area contributed by atoms with Gasteiger partial charge in [-0.05, 0) is 25.2 Å². The summed E-state index contributed by atoms with van der Waals surface area (Å²) in [5.41, 5.74) is -0.651. The summed E-state index contributed by atoms with van der Waals surface area (Å²) in [5.74, 6) is 2.36. The molecule has 1 aliphatic heterocycles. The largest absolute Gasteiger partial charge is 0.458 e. The van der Waals surface area contributed by atoms with Gasteiger partial charge >= 0.3 is 5.97 Å². The van der Waals surface area contributed by atoms with Crippen LogP contribution in [-0.4, -0.2) is 17.4 Å². The normalized spacial score (nSPS) is 24.6. The first-order valence-corrected chi connectivity index (χ1v) is 6.25. The second-order valence-electron chi connectivity index (χ2n) is 4.65. The Morgan fingerprint density at radius 3 is 2.53 bits per heavy atom. The van der Waals surface area contributed by atoms with Crippen molar-refractivity contribution in [2.45, 2.75) is 58.0 Å². The molecule has 0 aromatic rings. The molecule has 0 spiro atoms. The average molecular weight is 236 g/mol. The topological polar surface area (TPSA) is 43.4 Å². The van der Waals surface area contributed by atoms with Crippen molar-refractivity contribution in [3.8, 4) is 12.3 Å². The minimum Gasteiger partial charge on any atom is -0.458 e. The highest BCUT2D eigenvalue weighted by molar-refractivity contribution is 5.98. The first kappa shape index (κ1) is 13.8. The van der Waals surface area contributed by atoms with E-state index >= 15 is 0 Å². The molecule has 1 atom stereocenters. The smallest absolute Gasteiger partial charge is 0.313 e. The molecule has 1 unspecified atom stereocenters. The first-order valence-electron chi connectivity index (χ1n) is 6.25. The van der Waals surface area contributed by atoms with Gasteiger partial charge in [0.1, 0.15) is 17.8 Å². The summed E-state index contributed by atoms with van der Waals surface area (Å²) in [6, 6.07) is 0. The number of ether oxygens (including phenoxy) is 1. The Morgan fingerprint density at radius 1 is 1.41 bits per heavy atom. The van der Waals surface area contributed by atoms with Gasteiger partial charge in [0.2, 0.25) is 0 Å². The Labute approximate surface area is 103 Å². The Kier molecular flexibility index (Phi) is 4.74. The Morgan fingerprint density at radius 2 is 2.06 bits per heavy atom. The fourth-order valence-corrected chi connectivity index (χ4v) is 2.74. The predicted octanol–water partition coefficient (Wildman–Crippen LogP) is 2.48. The van der Waals surface area contributed by atoms with Crippen LogP contribution in [-0.2, 0) is 14.3 Å². The number of carbonyl (C=O) groups excluding carboxylic acids is 2. The Hall–Kier alpha value is -1.30. The molecule has 1 rings (SSSR count). The zero-order chi connectivity index (χ0) is 12.9. The van der Waals surface area contributed by atoms with Gasteiger partial charge in [-0.2, -0.15) is 0 Å². The minimum absolute atomic E-state index is 0.0230. The molecule has 0 aliphatic carbocycles. The van der Waals surface area contributed by atoms with Crippen molar-refractivity contribution in [2.24, 2.45) is 5.92 Å². The summed E-state index contributed by atoms with van der Waals surface area (Å²) >= 11 is 0. The van der Waals surface area contributed by atoms with E-state index in [2.05, 4.69) is 19.8 Å². The number of terminal acetylenes is 1. The summed E-state index contributed by atoms with van der Waals surface area (Å²) in [4.78, 5) is 23.1. The number of cyclic esters (lactones) is 1. The minimum atomic E-state index is -0.651. The van der Waals surface area contributed by atoms with Gasteiger partial charge < -0.3 is 4.74 Å². The van der Waals surface area contributed by atoms with Crippen molar-refractivity contribution < 1.29 is 14.3 Å². The number of Topliss-reactive ketones (excluding diaryl/α,β-unsaturated/α-hetero) is 1. The third kappa shape index (κ3) is 3.09. The quantitative estimate of drug-likeness (QED) is 0.418. The number of ketones is 1. The van der Waals surface area contributed by atoms with E-state index in [4.69, 9.17) is 11.2 Å². The molecular formula is C14H20O3. The van der Waals surface area contributed by atoms with Gasteiger partial charge in [-0.3, -0.25) is 9.59 Å². The van der Waals surface area contributed by atoms with Crippen LogP contribution in [0.1, 0.15) is 52.4 Å². The van der Waals surface area contributed by atoms with E-state index < -0.39 is 11.6 Å². The molecule has 1 heterocycles. The summed E-state index contributed by atoms with van der Waals surface area (Å²) in [6.07, 6.45) is 8.43. The number of hydrogen-bond donors (Lipinski definition) is 0. The van der Waals surface area contributed by atoms with E-state index in [-0.39, 0.29) is 18.1 Å². The molecule has 3 heteroatoms. The predicted molar refractivity (Wildman–Crippen MR) is 65.2 cm³/mol. The highest BCUT2D eigenvalue weighted by atomic mass is 16.6. The Balaban J connectivity index is 2.95. The lowest BCUT2D eigenvalue weighted by molar-refractivity contribution is -0.179. The van der Waals surface area contributed by atoms with Crippen LogP contribution in [0.3, 0.4) is 0 Å². The second kappa shape index (κ2) is 5.86. The number of esters is 1. The molecule has 0 amide bonds. The van der Waals surface area contributed by atoms with Crippen LogP contribution in [0.2, 0.25) is 0 Å². The van der Waals surface area contributed by atoms with Crippen molar-refractivity contribution in [1.29, 1.82) is 0 Å². The van der Waals surface area contributed by atoms with Crippen molar-refractivity contribution in [1.82, 2.24) is 0 Å². The van der Waals surface area contributed by atoms with Crippen LogP contribution in [0.5, 0.6) is 0 Å². The molecular weight excluding hydrogens is 216 g/mol. The molecule has 1 saturated heterocycles. The molecule has 0 saturated carbocycles. The summed E-state index contributed by atoms with van der Waals surface area (Å²) in [7, 11) is 0. The van der Waals surface area contributed by atoms with E-state index in [1.807, 2.05) is 0 Å². The summed E-state index contributed by atoms with van der Waals surface area (Å²) in [6.45, 7) is 4.11. The van der Waals surface area contributed by atoms with Crippen molar-refractivity contribution in [3.05, 3.63) is 0 Å². The van der Waals surface area contributed by atoms with Crippen LogP contribution >= 0.6 is 0 Å². The highest BCUT2D eigenvalue weighted by Crippen LogP contribution is 2.38. The fraction of sp³-hybridized carbons (Fsp3) is 0.714. The zero-order valence-electron chi connectivity index (χ0n) is 10.6. The van der Waals surface area contributed by atoms with E-state index in [1.165, 1.54) is 0 Å². The van der Waals surface area contributed by atoms with E-state index in [0.717, 1.165) is 12.8 Å². The van der Waals surface area contributed by atoms with Crippen molar-refractivity contribution >= 4 is 11.8 Å². The molecule has 0 aromatic heterocycles. The van der Waals surface area contributed by atoms with Gasteiger partial charge in [-0.1, -0.05) is 13.8 Å². The molecule has 1 fully saturated rings. The highest BCUT2D eigenvalue weighted by Gasteiger charge is 2.45. The molecule has 0 bridgehead atoms. The lowest BCUT2D eigenvalue weighted by atomic mass is 9.75. The van der Waals surface area contributed by atoms with E-state index in [1.54, 1.807) is 0 Å². The second-order valence-corrected chi connectivity index (χ2v) is 4.65. The van der Waals surface area contributed by atoms with Crippen LogP contribution < -0.4 is 0 Å². The molecule has 1 aliphatic rings. The number of carbonyl (C=O) groups is 2. The standard InChI is InChI=1S/C14H20O3/c1-4-7-8-14(11(5-2)6-3)10-12(15)9-13(16)17-14/h1,11H,5-10H2,2-3H3. The van der Waals surface area contributed by atoms with Crippen LogP contribution in [0.15, 0.2) is 0 Å². The fourth-order valence-electron chi connectivity index (χ4n) is 2.74. The molecule has 0 N–H and O–H groups in total. The van der Waals surface area contributed by atoms with Gasteiger partial charge in [0.15, 0.2) is 0 Å². The monoisotopic (exact) mass is 236 g/mol. The van der Waals surface area contributed by atoms with Crippen LogP contribution in [0.25, 0.3) is 0 Å². The SMILES string of the molecule is C#CCCC1(C(CC)CC)CC(=O)CC(=O)O1. The van der Waals surface area contributed by atoms with E-state index in [0.29, 0.717) is 19.3 Å². The molecule has 94 valence electrons. The molecule has 3 nitrogen and oxygen atoms in total. The third-order valence-electron chi connectivity index (χ3n) is 3.58. The van der Waals surface area contributed by atoms with Gasteiger partial charge in [0, 0.05) is 12.8 Å². The van der Waals surface area contributed by atoms with E-state index in [9.17, 15) is 9.59 Å².